The summed E-state index contributed by atoms with van der Waals surface area (Å²) in [7, 11) is 0. The number of aliphatic hydroxyl groups excluding tert-OH is 1. The third-order valence-corrected chi connectivity index (χ3v) is 3.73. The SMILES string of the molecule is CC(=O)c1ccccc1OCCSCC(C)CO. The molecule has 4 heteroatoms. The molecular formula is C14H20O3S. The van der Waals surface area contributed by atoms with E-state index in [0.717, 1.165) is 11.5 Å². The van der Waals surface area contributed by atoms with Gasteiger partial charge in [0.05, 0.1) is 12.2 Å². The number of hydrogen-bond acceptors (Lipinski definition) is 4. The van der Waals surface area contributed by atoms with Crippen molar-refractivity contribution in [2.24, 2.45) is 5.92 Å². The lowest BCUT2D eigenvalue weighted by molar-refractivity contribution is 0.101. The molecule has 0 fully saturated rings. The number of carbonyl (C=O) groups excluding carboxylic acids is 1. The molecule has 1 aromatic rings. The van der Waals surface area contributed by atoms with Crippen molar-refractivity contribution in [2.75, 3.05) is 24.7 Å². The van der Waals surface area contributed by atoms with E-state index in [4.69, 9.17) is 9.84 Å². The quantitative estimate of drug-likeness (QED) is 0.581. The summed E-state index contributed by atoms with van der Waals surface area (Å²) in [6.45, 7) is 4.35. The first-order valence-corrected chi connectivity index (χ1v) is 7.22. The highest BCUT2D eigenvalue weighted by Crippen LogP contribution is 2.18. The Bertz CT molecular complexity index is 379. The minimum absolute atomic E-state index is 0.0205. The van der Waals surface area contributed by atoms with Crippen LogP contribution in [0.2, 0.25) is 0 Å². The molecule has 0 spiro atoms. The summed E-state index contributed by atoms with van der Waals surface area (Å²) in [5, 5.41) is 8.88. The van der Waals surface area contributed by atoms with Gasteiger partial charge in [-0.3, -0.25) is 4.79 Å². The van der Waals surface area contributed by atoms with Crippen molar-refractivity contribution in [3.63, 3.8) is 0 Å². The van der Waals surface area contributed by atoms with Crippen molar-refractivity contribution in [3.8, 4) is 5.75 Å². The maximum Gasteiger partial charge on any atom is 0.163 e. The molecule has 1 unspecified atom stereocenters. The minimum atomic E-state index is 0.0205. The van der Waals surface area contributed by atoms with E-state index >= 15 is 0 Å². The summed E-state index contributed by atoms with van der Waals surface area (Å²) in [5.74, 6) is 2.78. The molecule has 0 saturated heterocycles. The van der Waals surface area contributed by atoms with Gasteiger partial charge >= 0.3 is 0 Å². The molecule has 0 aliphatic carbocycles. The number of hydrogen-bond donors (Lipinski definition) is 1. The zero-order valence-electron chi connectivity index (χ0n) is 10.9. The number of ether oxygens (including phenoxy) is 1. The molecule has 1 aromatic carbocycles. The van der Waals surface area contributed by atoms with E-state index in [1.54, 1.807) is 24.8 Å². The Morgan fingerprint density at radius 2 is 2.17 bits per heavy atom. The number of rotatable bonds is 8. The van der Waals surface area contributed by atoms with Crippen molar-refractivity contribution in [1.82, 2.24) is 0 Å². The van der Waals surface area contributed by atoms with Crippen LogP contribution in [-0.4, -0.2) is 35.6 Å². The van der Waals surface area contributed by atoms with E-state index in [9.17, 15) is 4.79 Å². The second kappa shape index (κ2) is 8.16. The van der Waals surface area contributed by atoms with E-state index in [1.807, 2.05) is 25.1 Å². The summed E-state index contributed by atoms with van der Waals surface area (Å²) >= 11 is 1.75. The smallest absolute Gasteiger partial charge is 0.163 e. The maximum atomic E-state index is 11.4. The Morgan fingerprint density at radius 1 is 1.44 bits per heavy atom. The van der Waals surface area contributed by atoms with Crippen LogP contribution in [0.1, 0.15) is 24.2 Å². The molecule has 1 N–H and O–H groups in total. The van der Waals surface area contributed by atoms with Crippen LogP contribution < -0.4 is 4.74 Å². The molecule has 0 aliphatic rings. The van der Waals surface area contributed by atoms with Crippen LogP contribution in [0.15, 0.2) is 24.3 Å². The lowest BCUT2D eigenvalue weighted by atomic mass is 10.1. The number of benzene rings is 1. The Kier molecular flexibility index (Phi) is 6.83. The van der Waals surface area contributed by atoms with Gasteiger partial charge in [-0.15, -0.1) is 0 Å². The molecule has 0 aliphatic heterocycles. The van der Waals surface area contributed by atoms with Gasteiger partial charge in [-0.2, -0.15) is 11.8 Å². The first-order valence-electron chi connectivity index (χ1n) is 6.06. The number of carbonyl (C=O) groups is 1. The molecule has 100 valence electrons. The second-order valence-electron chi connectivity index (χ2n) is 4.26. The van der Waals surface area contributed by atoms with Crippen LogP contribution in [0.4, 0.5) is 0 Å². The van der Waals surface area contributed by atoms with Gasteiger partial charge in [0.25, 0.3) is 0 Å². The van der Waals surface area contributed by atoms with Crippen LogP contribution in [-0.2, 0) is 0 Å². The Labute approximate surface area is 113 Å². The predicted molar refractivity (Wildman–Crippen MR) is 75.5 cm³/mol. The van der Waals surface area contributed by atoms with E-state index in [2.05, 4.69) is 0 Å². The van der Waals surface area contributed by atoms with Crippen molar-refractivity contribution < 1.29 is 14.6 Å². The highest BCUT2D eigenvalue weighted by atomic mass is 32.2. The van der Waals surface area contributed by atoms with Crippen molar-refractivity contribution in [1.29, 1.82) is 0 Å². The molecule has 0 heterocycles. The maximum absolute atomic E-state index is 11.4. The summed E-state index contributed by atoms with van der Waals surface area (Å²) in [6, 6.07) is 7.29. The Balaban J connectivity index is 2.33. The topological polar surface area (TPSA) is 46.5 Å². The lowest BCUT2D eigenvalue weighted by Crippen LogP contribution is -2.08. The predicted octanol–water partition coefficient (Wildman–Crippen LogP) is 2.63. The van der Waals surface area contributed by atoms with Gasteiger partial charge in [0.15, 0.2) is 5.78 Å². The fourth-order valence-electron chi connectivity index (χ4n) is 1.43. The fourth-order valence-corrected chi connectivity index (χ4v) is 2.31. The second-order valence-corrected chi connectivity index (χ2v) is 5.41. The van der Waals surface area contributed by atoms with E-state index in [0.29, 0.717) is 23.8 Å². The van der Waals surface area contributed by atoms with Crippen LogP contribution in [0, 0.1) is 5.92 Å². The first-order chi connectivity index (χ1) is 8.65. The molecule has 0 aromatic heterocycles. The largest absolute Gasteiger partial charge is 0.492 e. The van der Waals surface area contributed by atoms with Crippen LogP contribution in [0.5, 0.6) is 5.75 Å². The average Bonchev–Trinajstić information content (AvgIpc) is 2.38. The Morgan fingerprint density at radius 3 is 2.83 bits per heavy atom. The normalized spacial score (nSPS) is 12.2. The number of ketones is 1. The molecule has 0 radical (unpaired) electrons. The monoisotopic (exact) mass is 268 g/mol. The van der Waals surface area contributed by atoms with E-state index in [-0.39, 0.29) is 12.4 Å². The number of thioether (sulfide) groups is 1. The van der Waals surface area contributed by atoms with Gasteiger partial charge in [-0.05, 0) is 30.7 Å². The molecule has 0 saturated carbocycles. The minimum Gasteiger partial charge on any atom is -0.492 e. The van der Waals surface area contributed by atoms with Gasteiger partial charge in [0, 0.05) is 12.4 Å². The standard InChI is InChI=1S/C14H20O3S/c1-11(9-15)10-18-8-7-17-14-6-4-3-5-13(14)12(2)16/h3-6,11,15H,7-10H2,1-2H3. The molecule has 1 rings (SSSR count). The molecule has 0 bridgehead atoms. The fraction of sp³-hybridized carbons (Fsp3) is 0.500. The number of Topliss-reactive ketones (excluding diaryl/α,β-unsaturated/α-hetero) is 1. The highest BCUT2D eigenvalue weighted by molar-refractivity contribution is 7.99. The number of aliphatic hydroxyl groups is 1. The third-order valence-electron chi connectivity index (χ3n) is 2.47. The van der Waals surface area contributed by atoms with Crippen molar-refractivity contribution in [2.45, 2.75) is 13.8 Å². The number of para-hydroxylation sites is 1. The molecule has 3 nitrogen and oxygen atoms in total. The Hall–Kier alpha value is -1.00. The molecule has 18 heavy (non-hydrogen) atoms. The first kappa shape index (κ1) is 15.1. The summed E-state index contributed by atoms with van der Waals surface area (Å²) in [4.78, 5) is 11.4. The van der Waals surface area contributed by atoms with Gasteiger partial charge in [0.1, 0.15) is 5.75 Å². The summed E-state index contributed by atoms with van der Waals surface area (Å²) in [6.07, 6.45) is 0. The van der Waals surface area contributed by atoms with Gasteiger partial charge in [-0.1, -0.05) is 19.1 Å². The van der Waals surface area contributed by atoms with Crippen LogP contribution in [0.3, 0.4) is 0 Å². The zero-order chi connectivity index (χ0) is 13.4. The van der Waals surface area contributed by atoms with Gasteiger partial charge in [-0.25, -0.2) is 0 Å². The summed E-state index contributed by atoms with van der Waals surface area (Å²) in [5.41, 5.74) is 0.631. The lowest BCUT2D eigenvalue weighted by Gasteiger charge is -2.10. The van der Waals surface area contributed by atoms with Gasteiger partial charge in [0.2, 0.25) is 0 Å². The van der Waals surface area contributed by atoms with Crippen LogP contribution >= 0.6 is 11.8 Å². The molecule has 0 amide bonds. The zero-order valence-corrected chi connectivity index (χ0v) is 11.7. The van der Waals surface area contributed by atoms with E-state index in [1.165, 1.54) is 0 Å². The van der Waals surface area contributed by atoms with Gasteiger partial charge < -0.3 is 9.84 Å². The van der Waals surface area contributed by atoms with E-state index < -0.39 is 0 Å². The third kappa shape index (κ3) is 5.10. The van der Waals surface area contributed by atoms with Crippen LogP contribution in [0.25, 0.3) is 0 Å². The highest BCUT2D eigenvalue weighted by Gasteiger charge is 2.07. The molecular weight excluding hydrogens is 248 g/mol. The molecule has 1 atom stereocenters. The van der Waals surface area contributed by atoms with Crippen molar-refractivity contribution in [3.05, 3.63) is 29.8 Å². The summed E-state index contributed by atoms with van der Waals surface area (Å²) < 4.78 is 5.61. The average molecular weight is 268 g/mol. The van der Waals surface area contributed by atoms with Crippen molar-refractivity contribution >= 4 is 17.5 Å².